The SMILES string of the molecule is CCCCOc1c(Cl)cc(C(=O)Nc2ccccn2)cc1OCC. The van der Waals surface area contributed by atoms with E-state index in [1.807, 2.05) is 6.92 Å². The van der Waals surface area contributed by atoms with Crippen LogP contribution in [0, 0.1) is 0 Å². The van der Waals surface area contributed by atoms with Crippen molar-refractivity contribution in [2.24, 2.45) is 0 Å². The Labute approximate surface area is 147 Å². The predicted octanol–water partition coefficient (Wildman–Crippen LogP) is 4.56. The first kappa shape index (κ1) is 18.1. The number of nitrogens with one attached hydrogen (secondary N) is 1. The van der Waals surface area contributed by atoms with Crippen molar-refractivity contribution in [3.63, 3.8) is 0 Å². The van der Waals surface area contributed by atoms with E-state index in [1.165, 1.54) is 0 Å². The number of pyridine rings is 1. The fraction of sp³-hybridized carbons (Fsp3) is 0.333. The van der Waals surface area contributed by atoms with Crippen molar-refractivity contribution in [1.82, 2.24) is 4.98 Å². The minimum Gasteiger partial charge on any atom is -0.490 e. The first-order valence-electron chi connectivity index (χ1n) is 7.97. The third-order valence-electron chi connectivity index (χ3n) is 3.22. The molecule has 0 saturated heterocycles. The number of hydrogen-bond acceptors (Lipinski definition) is 4. The van der Waals surface area contributed by atoms with E-state index in [4.69, 9.17) is 21.1 Å². The summed E-state index contributed by atoms with van der Waals surface area (Å²) in [6.45, 7) is 4.95. The van der Waals surface area contributed by atoms with Gasteiger partial charge in [0, 0.05) is 11.8 Å². The summed E-state index contributed by atoms with van der Waals surface area (Å²) in [4.78, 5) is 16.5. The molecule has 0 bridgehead atoms. The quantitative estimate of drug-likeness (QED) is 0.710. The Morgan fingerprint density at radius 3 is 2.75 bits per heavy atom. The van der Waals surface area contributed by atoms with Gasteiger partial charge in [0.05, 0.1) is 18.2 Å². The Morgan fingerprint density at radius 2 is 2.08 bits per heavy atom. The van der Waals surface area contributed by atoms with Gasteiger partial charge in [-0.25, -0.2) is 4.98 Å². The van der Waals surface area contributed by atoms with Crippen LogP contribution in [0.5, 0.6) is 11.5 Å². The molecule has 0 unspecified atom stereocenters. The molecule has 2 aromatic rings. The summed E-state index contributed by atoms with van der Waals surface area (Å²) in [5.74, 6) is 1.10. The molecule has 0 spiro atoms. The summed E-state index contributed by atoms with van der Waals surface area (Å²) in [7, 11) is 0. The number of benzene rings is 1. The van der Waals surface area contributed by atoms with E-state index < -0.39 is 0 Å². The van der Waals surface area contributed by atoms with Crippen molar-refractivity contribution < 1.29 is 14.3 Å². The molecule has 24 heavy (non-hydrogen) atoms. The summed E-state index contributed by atoms with van der Waals surface area (Å²) in [5.41, 5.74) is 0.386. The van der Waals surface area contributed by atoms with E-state index in [1.54, 1.807) is 36.5 Å². The van der Waals surface area contributed by atoms with Gasteiger partial charge in [0.15, 0.2) is 11.5 Å². The zero-order valence-electron chi connectivity index (χ0n) is 13.8. The van der Waals surface area contributed by atoms with Crippen LogP contribution in [0.25, 0.3) is 0 Å². The fourth-order valence-electron chi connectivity index (χ4n) is 2.05. The molecule has 5 nitrogen and oxygen atoms in total. The highest BCUT2D eigenvalue weighted by atomic mass is 35.5. The summed E-state index contributed by atoms with van der Waals surface area (Å²) in [6, 6.07) is 8.50. The molecular formula is C18H21ClN2O3. The van der Waals surface area contributed by atoms with Crippen molar-refractivity contribution >= 4 is 23.3 Å². The van der Waals surface area contributed by atoms with Crippen LogP contribution in [0.3, 0.4) is 0 Å². The molecule has 1 aromatic heterocycles. The zero-order valence-corrected chi connectivity index (χ0v) is 14.6. The van der Waals surface area contributed by atoms with Crippen molar-refractivity contribution in [2.45, 2.75) is 26.7 Å². The second kappa shape index (κ2) is 9.13. The van der Waals surface area contributed by atoms with Gasteiger partial charge in [-0.1, -0.05) is 31.0 Å². The molecule has 0 radical (unpaired) electrons. The molecule has 0 atom stereocenters. The number of nitrogens with zero attached hydrogens (tertiary/aromatic N) is 1. The van der Waals surface area contributed by atoms with Gasteiger partial charge in [0.2, 0.25) is 0 Å². The molecule has 1 aromatic carbocycles. The lowest BCUT2D eigenvalue weighted by Gasteiger charge is -2.15. The van der Waals surface area contributed by atoms with Gasteiger partial charge in [-0.2, -0.15) is 0 Å². The van der Waals surface area contributed by atoms with Gasteiger partial charge in [0.1, 0.15) is 5.82 Å². The number of anilines is 1. The lowest BCUT2D eigenvalue weighted by Crippen LogP contribution is -2.13. The Bertz CT molecular complexity index is 677. The number of rotatable bonds is 8. The van der Waals surface area contributed by atoms with Crippen LogP contribution in [0.15, 0.2) is 36.5 Å². The molecule has 128 valence electrons. The number of carbonyl (C=O) groups is 1. The smallest absolute Gasteiger partial charge is 0.257 e. The number of hydrogen-bond donors (Lipinski definition) is 1. The van der Waals surface area contributed by atoms with Gasteiger partial charge < -0.3 is 14.8 Å². The molecule has 0 fully saturated rings. The molecular weight excluding hydrogens is 328 g/mol. The van der Waals surface area contributed by atoms with E-state index in [0.717, 1.165) is 12.8 Å². The molecule has 0 aliphatic rings. The summed E-state index contributed by atoms with van der Waals surface area (Å²) >= 11 is 6.30. The minimum absolute atomic E-state index is 0.309. The normalized spacial score (nSPS) is 10.3. The van der Waals surface area contributed by atoms with Gasteiger partial charge in [-0.05, 0) is 37.6 Å². The molecule has 1 N–H and O–H groups in total. The van der Waals surface area contributed by atoms with Crippen LogP contribution in [0.4, 0.5) is 5.82 Å². The van der Waals surface area contributed by atoms with Crippen LogP contribution < -0.4 is 14.8 Å². The highest BCUT2D eigenvalue weighted by Gasteiger charge is 2.16. The first-order chi connectivity index (χ1) is 11.7. The van der Waals surface area contributed by atoms with Crippen LogP contribution >= 0.6 is 11.6 Å². The van der Waals surface area contributed by atoms with Crippen LogP contribution in [0.2, 0.25) is 5.02 Å². The maximum atomic E-state index is 12.4. The topological polar surface area (TPSA) is 60.5 Å². The third-order valence-corrected chi connectivity index (χ3v) is 3.50. The summed E-state index contributed by atoms with van der Waals surface area (Å²) in [6.07, 6.45) is 3.55. The highest BCUT2D eigenvalue weighted by Crippen LogP contribution is 2.37. The van der Waals surface area contributed by atoms with E-state index >= 15 is 0 Å². The largest absolute Gasteiger partial charge is 0.490 e. The minimum atomic E-state index is -0.309. The van der Waals surface area contributed by atoms with Crippen molar-refractivity contribution in [2.75, 3.05) is 18.5 Å². The molecule has 1 amide bonds. The molecule has 2 rings (SSSR count). The molecule has 0 aliphatic carbocycles. The molecule has 0 saturated carbocycles. The van der Waals surface area contributed by atoms with E-state index in [2.05, 4.69) is 17.2 Å². The van der Waals surface area contributed by atoms with Crippen LogP contribution in [-0.4, -0.2) is 24.1 Å². The zero-order chi connectivity index (χ0) is 17.4. The third kappa shape index (κ3) is 4.86. The second-order valence-electron chi connectivity index (χ2n) is 5.09. The van der Waals surface area contributed by atoms with Gasteiger partial charge >= 0.3 is 0 Å². The number of ether oxygens (including phenoxy) is 2. The number of amides is 1. The monoisotopic (exact) mass is 348 g/mol. The standard InChI is InChI=1S/C18H21ClN2O3/c1-3-5-10-24-17-14(19)11-13(12-15(17)23-4-2)18(22)21-16-8-6-7-9-20-16/h6-9,11-12H,3-5,10H2,1-2H3,(H,20,21,22). The lowest BCUT2D eigenvalue weighted by molar-refractivity contribution is 0.102. The Balaban J connectivity index is 2.22. The lowest BCUT2D eigenvalue weighted by atomic mass is 10.2. The van der Waals surface area contributed by atoms with Gasteiger partial charge in [-0.3, -0.25) is 4.79 Å². The average Bonchev–Trinajstić information content (AvgIpc) is 2.58. The van der Waals surface area contributed by atoms with Crippen LogP contribution in [-0.2, 0) is 0 Å². The Hall–Kier alpha value is -2.27. The van der Waals surface area contributed by atoms with E-state index in [9.17, 15) is 4.79 Å². The number of aromatic nitrogens is 1. The molecule has 6 heteroatoms. The summed E-state index contributed by atoms with van der Waals surface area (Å²) < 4.78 is 11.3. The maximum absolute atomic E-state index is 12.4. The van der Waals surface area contributed by atoms with Crippen LogP contribution in [0.1, 0.15) is 37.0 Å². The predicted molar refractivity (Wildman–Crippen MR) is 95.2 cm³/mol. The summed E-state index contributed by atoms with van der Waals surface area (Å²) in [5, 5.41) is 3.07. The second-order valence-corrected chi connectivity index (χ2v) is 5.50. The van der Waals surface area contributed by atoms with Gasteiger partial charge in [0.25, 0.3) is 5.91 Å². The highest BCUT2D eigenvalue weighted by molar-refractivity contribution is 6.32. The van der Waals surface area contributed by atoms with Crippen molar-refractivity contribution in [3.05, 3.63) is 47.1 Å². The van der Waals surface area contributed by atoms with E-state index in [-0.39, 0.29) is 5.91 Å². The number of halogens is 1. The fourth-order valence-corrected chi connectivity index (χ4v) is 2.31. The Kier molecular flexibility index (Phi) is 6.88. The average molecular weight is 349 g/mol. The van der Waals surface area contributed by atoms with Gasteiger partial charge in [-0.15, -0.1) is 0 Å². The molecule has 0 aliphatic heterocycles. The number of carbonyl (C=O) groups excluding carboxylic acids is 1. The molecule has 1 heterocycles. The maximum Gasteiger partial charge on any atom is 0.257 e. The van der Waals surface area contributed by atoms with E-state index in [0.29, 0.717) is 41.1 Å². The Morgan fingerprint density at radius 1 is 1.25 bits per heavy atom. The first-order valence-corrected chi connectivity index (χ1v) is 8.35. The number of unbranched alkanes of at least 4 members (excludes halogenated alkanes) is 1. The van der Waals surface area contributed by atoms with Crippen molar-refractivity contribution in [1.29, 1.82) is 0 Å². The van der Waals surface area contributed by atoms with Crippen molar-refractivity contribution in [3.8, 4) is 11.5 Å².